The molecule has 1 rings (SSSR count). The van der Waals surface area contributed by atoms with Crippen LogP contribution < -0.4 is 0 Å². The summed E-state index contributed by atoms with van der Waals surface area (Å²) < 4.78 is 10.8. The van der Waals surface area contributed by atoms with Crippen molar-refractivity contribution in [2.75, 3.05) is 13.2 Å². The lowest BCUT2D eigenvalue weighted by atomic mass is 9.84. The molecule has 0 saturated carbocycles. The standard InChI is InChI=1S/C27H42O6/c1-18(16-26(3,4)5)11-13-32-24(30)21-10-9-20(23(28)29)15-22(21)25(31)33-14-12-19(2)17-27(6,7)8/h9-10,15,18-19H,11-14,16-17H2,1-8H3,(H,28,29). The molecular formula is C27H42O6. The Labute approximate surface area is 199 Å². The Bertz CT molecular complexity index is 813. The Morgan fingerprint density at radius 3 is 1.61 bits per heavy atom. The minimum Gasteiger partial charge on any atom is -0.478 e. The molecule has 1 aromatic carbocycles. The highest BCUT2D eigenvalue weighted by Gasteiger charge is 2.23. The molecule has 2 atom stereocenters. The quantitative estimate of drug-likeness (QED) is 0.372. The molecule has 6 nitrogen and oxygen atoms in total. The topological polar surface area (TPSA) is 89.9 Å². The molecule has 0 spiro atoms. The van der Waals surface area contributed by atoms with Gasteiger partial charge in [0.05, 0.1) is 29.9 Å². The number of benzene rings is 1. The van der Waals surface area contributed by atoms with Crippen molar-refractivity contribution in [3.63, 3.8) is 0 Å². The van der Waals surface area contributed by atoms with E-state index in [1.165, 1.54) is 18.2 Å². The van der Waals surface area contributed by atoms with Crippen LogP contribution in [-0.2, 0) is 9.47 Å². The Hall–Kier alpha value is -2.37. The van der Waals surface area contributed by atoms with E-state index in [2.05, 4.69) is 55.4 Å². The second kappa shape index (κ2) is 12.2. The Morgan fingerprint density at radius 2 is 1.21 bits per heavy atom. The second-order valence-electron chi connectivity index (χ2n) is 11.7. The molecule has 0 aliphatic rings. The number of aromatic carboxylic acids is 1. The lowest BCUT2D eigenvalue weighted by molar-refractivity contribution is 0.0430. The Morgan fingerprint density at radius 1 is 0.788 bits per heavy atom. The van der Waals surface area contributed by atoms with E-state index in [0.29, 0.717) is 24.7 Å². The first-order chi connectivity index (χ1) is 15.1. The summed E-state index contributed by atoms with van der Waals surface area (Å²) in [5.74, 6) is -1.80. The highest BCUT2D eigenvalue weighted by Crippen LogP contribution is 2.27. The zero-order valence-electron chi connectivity index (χ0n) is 21.6. The molecule has 1 N–H and O–H groups in total. The molecule has 0 fully saturated rings. The molecule has 2 unspecified atom stereocenters. The molecule has 0 aromatic heterocycles. The highest BCUT2D eigenvalue weighted by atomic mass is 16.5. The van der Waals surface area contributed by atoms with Gasteiger partial charge in [-0.3, -0.25) is 0 Å². The van der Waals surface area contributed by atoms with Crippen molar-refractivity contribution in [2.24, 2.45) is 22.7 Å². The lowest BCUT2D eigenvalue weighted by Crippen LogP contribution is -2.18. The van der Waals surface area contributed by atoms with E-state index in [0.717, 1.165) is 12.8 Å². The van der Waals surface area contributed by atoms with Gasteiger partial charge < -0.3 is 14.6 Å². The van der Waals surface area contributed by atoms with Crippen LogP contribution in [0.25, 0.3) is 0 Å². The molecule has 0 aliphatic heterocycles. The first kappa shape index (κ1) is 28.7. The summed E-state index contributed by atoms with van der Waals surface area (Å²) in [4.78, 5) is 36.8. The monoisotopic (exact) mass is 462 g/mol. The smallest absolute Gasteiger partial charge is 0.339 e. The first-order valence-electron chi connectivity index (χ1n) is 11.8. The maximum Gasteiger partial charge on any atom is 0.339 e. The summed E-state index contributed by atoms with van der Waals surface area (Å²) in [6.45, 7) is 17.6. The van der Waals surface area contributed by atoms with Crippen LogP contribution in [0.1, 0.15) is 112 Å². The average Bonchev–Trinajstić information content (AvgIpc) is 2.64. The fourth-order valence-electron chi connectivity index (χ4n) is 4.18. The van der Waals surface area contributed by atoms with Crippen LogP contribution in [-0.4, -0.2) is 36.2 Å². The third-order valence-corrected chi connectivity index (χ3v) is 5.32. The third-order valence-electron chi connectivity index (χ3n) is 5.32. The SMILES string of the molecule is CC(CCOC(=O)c1ccc(C(=O)O)cc1C(=O)OCCC(C)CC(C)(C)C)CC(C)(C)C. The minimum atomic E-state index is -1.18. The predicted octanol–water partition coefficient (Wildman–Crippen LogP) is 6.62. The van der Waals surface area contributed by atoms with E-state index < -0.39 is 17.9 Å². The van der Waals surface area contributed by atoms with Crippen molar-refractivity contribution in [3.05, 3.63) is 34.9 Å². The summed E-state index contributed by atoms with van der Waals surface area (Å²) in [6.07, 6.45) is 3.39. The van der Waals surface area contributed by atoms with E-state index in [9.17, 15) is 19.5 Å². The Kier molecular flexibility index (Phi) is 10.6. The van der Waals surface area contributed by atoms with Gasteiger partial charge in [-0.05, 0) is 66.5 Å². The van der Waals surface area contributed by atoms with E-state index in [-0.39, 0.29) is 40.7 Å². The van der Waals surface area contributed by atoms with Crippen molar-refractivity contribution >= 4 is 17.9 Å². The maximum absolute atomic E-state index is 12.7. The summed E-state index contributed by atoms with van der Waals surface area (Å²) in [7, 11) is 0. The first-order valence-corrected chi connectivity index (χ1v) is 11.8. The third kappa shape index (κ3) is 11.4. The molecule has 6 heteroatoms. The number of hydrogen-bond donors (Lipinski definition) is 1. The fraction of sp³-hybridized carbons (Fsp3) is 0.667. The van der Waals surface area contributed by atoms with Crippen molar-refractivity contribution in [1.29, 1.82) is 0 Å². The van der Waals surface area contributed by atoms with E-state index in [1.807, 2.05) is 0 Å². The van der Waals surface area contributed by atoms with Crippen LogP contribution in [0.4, 0.5) is 0 Å². The van der Waals surface area contributed by atoms with Gasteiger partial charge in [-0.2, -0.15) is 0 Å². The zero-order valence-corrected chi connectivity index (χ0v) is 21.6. The number of esters is 2. The maximum atomic E-state index is 12.7. The van der Waals surface area contributed by atoms with E-state index in [4.69, 9.17) is 9.47 Å². The van der Waals surface area contributed by atoms with E-state index in [1.54, 1.807) is 0 Å². The molecule has 0 bridgehead atoms. The van der Waals surface area contributed by atoms with Crippen molar-refractivity contribution in [2.45, 2.75) is 81.1 Å². The van der Waals surface area contributed by atoms with Crippen molar-refractivity contribution in [1.82, 2.24) is 0 Å². The van der Waals surface area contributed by atoms with Gasteiger partial charge in [0.1, 0.15) is 0 Å². The molecule has 186 valence electrons. The average molecular weight is 463 g/mol. The molecule has 33 heavy (non-hydrogen) atoms. The summed E-state index contributed by atoms with van der Waals surface area (Å²) in [5.41, 5.74) is 0.235. The number of carboxylic acids is 1. The Balaban J connectivity index is 2.83. The van der Waals surface area contributed by atoms with Crippen molar-refractivity contribution < 1.29 is 29.0 Å². The number of ether oxygens (including phenoxy) is 2. The van der Waals surface area contributed by atoms with Gasteiger partial charge in [-0.25, -0.2) is 14.4 Å². The molecule has 0 heterocycles. The van der Waals surface area contributed by atoms with Gasteiger partial charge in [0, 0.05) is 0 Å². The van der Waals surface area contributed by atoms with Gasteiger partial charge in [0.2, 0.25) is 0 Å². The molecule has 0 radical (unpaired) electrons. The van der Waals surface area contributed by atoms with Crippen LogP contribution in [0.15, 0.2) is 18.2 Å². The minimum absolute atomic E-state index is 0.0243. The molecule has 0 amide bonds. The van der Waals surface area contributed by atoms with Crippen LogP contribution in [0, 0.1) is 22.7 Å². The normalized spacial score (nSPS) is 13.8. The van der Waals surface area contributed by atoms with Crippen LogP contribution in [0.5, 0.6) is 0 Å². The largest absolute Gasteiger partial charge is 0.478 e. The van der Waals surface area contributed by atoms with Gasteiger partial charge in [0.25, 0.3) is 0 Å². The van der Waals surface area contributed by atoms with Crippen LogP contribution >= 0.6 is 0 Å². The molecule has 1 aromatic rings. The highest BCUT2D eigenvalue weighted by molar-refractivity contribution is 6.05. The molecule has 0 aliphatic carbocycles. The van der Waals surface area contributed by atoms with Crippen molar-refractivity contribution in [3.8, 4) is 0 Å². The van der Waals surface area contributed by atoms with Crippen LogP contribution in [0.2, 0.25) is 0 Å². The van der Waals surface area contributed by atoms with Gasteiger partial charge in [-0.15, -0.1) is 0 Å². The summed E-state index contributed by atoms with van der Waals surface area (Å²) in [5, 5.41) is 9.30. The summed E-state index contributed by atoms with van der Waals surface area (Å²) >= 11 is 0. The lowest BCUT2D eigenvalue weighted by Gasteiger charge is -2.23. The number of carbonyl (C=O) groups is 3. The van der Waals surface area contributed by atoms with Gasteiger partial charge >= 0.3 is 17.9 Å². The van der Waals surface area contributed by atoms with Gasteiger partial charge in [-0.1, -0.05) is 55.4 Å². The number of hydrogen-bond acceptors (Lipinski definition) is 5. The number of carbonyl (C=O) groups excluding carboxylic acids is 2. The second-order valence-corrected chi connectivity index (χ2v) is 11.7. The number of rotatable bonds is 11. The zero-order chi connectivity index (χ0) is 25.4. The molecular weight excluding hydrogens is 420 g/mol. The van der Waals surface area contributed by atoms with Gasteiger partial charge in [0.15, 0.2) is 0 Å². The summed E-state index contributed by atoms with van der Waals surface area (Å²) in [6, 6.07) is 3.80. The predicted molar refractivity (Wildman–Crippen MR) is 130 cm³/mol. The van der Waals surface area contributed by atoms with E-state index >= 15 is 0 Å². The van der Waals surface area contributed by atoms with Crippen LogP contribution in [0.3, 0.4) is 0 Å². The number of carboxylic acid groups (broad SMARTS) is 1. The molecule has 0 saturated heterocycles. The fourth-order valence-corrected chi connectivity index (χ4v) is 4.18.